The van der Waals surface area contributed by atoms with Gasteiger partial charge in [0.05, 0.1) is 25.3 Å². The van der Waals surface area contributed by atoms with E-state index >= 15 is 0 Å². The van der Waals surface area contributed by atoms with Crippen molar-refractivity contribution < 1.29 is 23.9 Å². The van der Waals surface area contributed by atoms with E-state index in [9.17, 15) is 14.4 Å². The highest BCUT2D eigenvalue weighted by atomic mass is 35.5. The lowest BCUT2D eigenvalue weighted by molar-refractivity contribution is -0.141. The lowest BCUT2D eigenvalue weighted by Crippen LogP contribution is -2.31. The van der Waals surface area contributed by atoms with E-state index in [-0.39, 0.29) is 18.9 Å². The van der Waals surface area contributed by atoms with Crippen molar-refractivity contribution in [1.82, 2.24) is 5.32 Å². The number of rotatable bonds is 5. The molecule has 0 radical (unpaired) electrons. The van der Waals surface area contributed by atoms with Crippen LogP contribution in [0.4, 0.5) is 5.69 Å². The van der Waals surface area contributed by atoms with Crippen LogP contribution < -0.4 is 15.4 Å². The second-order valence-corrected chi connectivity index (χ2v) is 6.28. The summed E-state index contributed by atoms with van der Waals surface area (Å²) in [6.45, 7) is -0.108. The molecule has 2 aromatic rings. The maximum atomic E-state index is 12.7. The first-order valence-electron chi connectivity index (χ1n) is 8.16. The van der Waals surface area contributed by atoms with Crippen molar-refractivity contribution in [2.75, 3.05) is 19.0 Å². The number of anilines is 1. The molecule has 1 aliphatic rings. The van der Waals surface area contributed by atoms with Crippen LogP contribution in [0.3, 0.4) is 0 Å². The first-order valence-corrected chi connectivity index (χ1v) is 8.54. The second-order valence-electron chi connectivity index (χ2n) is 5.88. The van der Waals surface area contributed by atoms with E-state index in [0.29, 0.717) is 27.6 Å². The zero-order valence-corrected chi connectivity index (χ0v) is 15.2. The summed E-state index contributed by atoms with van der Waals surface area (Å²) >= 11 is 6.22. The molecule has 0 fully saturated rings. The Bertz CT molecular complexity index is 899. The summed E-state index contributed by atoms with van der Waals surface area (Å²) in [7, 11) is 1.28. The molecule has 1 heterocycles. The number of hydrogen-bond donors (Lipinski definition) is 2. The Morgan fingerprint density at radius 3 is 2.81 bits per heavy atom. The van der Waals surface area contributed by atoms with Gasteiger partial charge in [-0.2, -0.15) is 0 Å². The zero-order chi connectivity index (χ0) is 19.4. The highest BCUT2D eigenvalue weighted by molar-refractivity contribution is 6.31. The molecule has 140 valence electrons. The highest BCUT2D eigenvalue weighted by Crippen LogP contribution is 2.30. The molecular formula is C19H17ClN2O5. The fraction of sp³-hybridized carbons (Fsp3) is 0.211. The highest BCUT2D eigenvalue weighted by Gasteiger charge is 2.23. The van der Waals surface area contributed by atoms with E-state index in [1.165, 1.54) is 13.2 Å². The minimum absolute atomic E-state index is 0.0660. The Balaban J connectivity index is 1.83. The van der Waals surface area contributed by atoms with Crippen molar-refractivity contribution in [1.29, 1.82) is 0 Å². The SMILES string of the molecule is COC(=O)C[C@@H](NC(=O)c1ccc2c(c1)OCC(=O)N2)c1ccccc1Cl. The Labute approximate surface area is 160 Å². The topological polar surface area (TPSA) is 93.7 Å². The maximum Gasteiger partial charge on any atom is 0.307 e. The average Bonchev–Trinajstić information content (AvgIpc) is 2.67. The number of ether oxygens (including phenoxy) is 2. The number of carbonyl (C=O) groups is 3. The first kappa shape index (κ1) is 18.7. The number of hydrogen-bond acceptors (Lipinski definition) is 5. The van der Waals surface area contributed by atoms with Gasteiger partial charge in [0, 0.05) is 10.6 Å². The molecule has 2 amide bonds. The van der Waals surface area contributed by atoms with Crippen LogP contribution in [0, 0.1) is 0 Å². The maximum absolute atomic E-state index is 12.7. The van der Waals surface area contributed by atoms with E-state index < -0.39 is 17.9 Å². The summed E-state index contributed by atoms with van der Waals surface area (Å²) in [6, 6.07) is 11.0. The van der Waals surface area contributed by atoms with Crippen molar-refractivity contribution in [2.24, 2.45) is 0 Å². The fourth-order valence-corrected chi connectivity index (χ4v) is 2.97. The minimum Gasteiger partial charge on any atom is -0.482 e. The van der Waals surface area contributed by atoms with Gasteiger partial charge in [0.2, 0.25) is 0 Å². The Kier molecular flexibility index (Phi) is 5.61. The number of esters is 1. The molecule has 1 atom stereocenters. The zero-order valence-electron chi connectivity index (χ0n) is 14.5. The van der Waals surface area contributed by atoms with Crippen LogP contribution in [0.15, 0.2) is 42.5 Å². The molecule has 0 aromatic heterocycles. The van der Waals surface area contributed by atoms with Crippen LogP contribution in [0.5, 0.6) is 5.75 Å². The van der Waals surface area contributed by atoms with Crippen LogP contribution in [-0.4, -0.2) is 31.5 Å². The van der Waals surface area contributed by atoms with Gasteiger partial charge in [-0.1, -0.05) is 29.8 Å². The van der Waals surface area contributed by atoms with E-state index in [0.717, 1.165) is 0 Å². The van der Waals surface area contributed by atoms with Crippen LogP contribution in [0.1, 0.15) is 28.4 Å². The van der Waals surface area contributed by atoms with E-state index in [4.69, 9.17) is 21.1 Å². The average molecular weight is 389 g/mol. The number of carbonyl (C=O) groups excluding carboxylic acids is 3. The molecule has 8 heteroatoms. The van der Waals surface area contributed by atoms with E-state index in [1.54, 1.807) is 36.4 Å². The summed E-state index contributed by atoms with van der Waals surface area (Å²) in [5.41, 5.74) is 1.44. The van der Waals surface area contributed by atoms with Crippen molar-refractivity contribution in [2.45, 2.75) is 12.5 Å². The number of methoxy groups -OCH3 is 1. The van der Waals surface area contributed by atoms with Gasteiger partial charge in [0.25, 0.3) is 11.8 Å². The number of nitrogens with one attached hydrogen (secondary N) is 2. The third-order valence-electron chi connectivity index (χ3n) is 4.06. The predicted octanol–water partition coefficient (Wildman–Crippen LogP) is 2.71. The second kappa shape index (κ2) is 8.09. The van der Waals surface area contributed by atoms with Gasteiger partial charge in [-0.05, 0) is 29.8 Å². The summed E-state index contributed by atoms with van der Waals surface area (Å²) in [4.78, 5) is 35.8. The molecule has 7 nitrogen and oxygen atoms in total. The number of halogens is 1. The molecule has 27 heavy (non-hydrogen) atoms. The molecule has 0 bridgehead atoms. The summed E-state index contributed by atoms with van der Waals surface area (Å²) in [6.07, 6.45) is -0.0660. The van der Waals surface area contributed by atoms with Gasteiger partial charge in [0.1, 0.15) is 5.75 Å². The molecule has 0 saturated carbocycles. The van der Waals surface area contributed by atoms with Crippen LogP contribution in [0.2, 0.25) is 5.02 Å². The van der Waals surface area contributed by atoms with Crippen molar-refractivity contribution >= 4 is 35.1 Å². The predicted molar refractivity (Wildman–Crippen MR) is 98.9 cm³/mol. The smallest absolute Gasteiger partial charge is 0.307 e. The van der Waals surface area contributed by atoms with Crippen molar-refractivity contribution in [3.8, 4) is 5.75 Å². The van der Waals surface area contributed by atoms with Gasteiger partial charge in [-0.15, -0.1) is 0 Å². The summed E-state index contributed by atoms with van der Waals surface area (Å²) in [5.74, 6) is -0.732. The summed E-state index contributed by atoms with van der Waals surface area (Å²) in [5, 5.41) is 5.90. The van der Waals surface area contributed by atoms with Crippen LogP contribution in [-0.2, 0) is 14.3 Å². The third-order valence-corrected chi connectivity index (χ3v) is 4.41. The molecule has 3 rings (SSSR count). The molecule has 2 aromatic carbocycles. The van der Waals surface area contributed by atoms with Crippen molar-refractivity contribution in [3.05, 3.63) is 58.6 Å². The monoisotopic (exact) mass is 388 g/mol. The number of amides is 2. The quantitative estimate of drug-likeness (QED) is 0.768. The molecule has 0 unspecified atom stereocenters. The Morgan fingerprint density at radius 1 is 1.30 bits per heavy atom. The van der Waals surface area contributed by atoms with E-state index in [1.807, 2.05) is 0 Å². The van der Waals surface area contributed by atoms with Gasteiger partial charge in [-0.25, -0.2) is 0 Å². The molecule has 0 spiro atoms. The van der Waals surface area contributed by atoms with Crippen molar-refractivity contribution in [3.63, 3.8) is 0 Å². The Morgan fingerprint density at radius 2 is 2.07 bits per heavy atom. The van der Waals surface area contributed by atoms with Crippen LogP contribution >= 0.6 is 11.6 Å². The van der Waals surface area contributed by atoms with E-state index in [2.05, 4.69) is 10.6 Å². The fourth-order valence-electron chi connectivity index (χ4n) is 2.70. The molecule has 1 aliphatic heterocycles. The normalized spacial score (nSPS) is 13.6. The molecular weight excluding hydrogens is 372 g/mol. The molecule has 0 saturated heterocycles. The van der Waals surface area contributed by atoms with Crippen LogP contribution in [0.25, 0.3) is 0 Å². The number of benzene rings is 2. The molecule has 2 N–H and O–H groups in total. The van der Waals surface area contributed by atoms with Gasteiger partial charge in [-0.3, -0.25) is 14.4 Å². The standard InChI is InChI=1S/C19H17ClN2O5/c1-26-18(24)9-15(12-4-2-3-5-13(12)20)22-19(25)11-6-7-14-16(8-11)27-10-17(23)21-14/h2-8,15H,9-10H2,1H3,(H,21,23)(H,22,25)/t15-/m1/s1. The number of fused-ring (bicyclic) bond motifs is 1. The van der Waals surface area contributed by atoms with Gasteiger partial charge in [0.15, 0.2) is 6.61 Å². The third kappa shape index (κ3) is 4.38. The lowest BCUT2D eigenvalue weighted by atomic mass is 10.0. The Hall–Kier alpha value is -3.06. The van der Waals surface area contributed by atoms with Gasteiger partial charge < -0.3 is 20.1 Å². The minimum atomic E-state index is -0.657. The van der Waals surface area contributed by atoms with Gasteiger partial charge >= 0.3 is 5.97 Å². The molecule has 0 aliphatic carbocycles. The largest absolute Gasteiger partial charge is 0.482 e. The lowest BCUT2D eigenvalue weighted by Gasteiger charge is -2.21. The first-order chi connectivity index (χ1) is 13.0. The summed E-state index contributed by atoms with van der Waals surface area (Å²) < 4.78 is 10.1.